The Bertz CT molecular complexity index is 455. The second kappa shape index (κ2) is 5.14. The summed E-state index contributed by atoms with van der Waals surface area (Å²) in [6, 6.07) is 4.47. The highest BCUT2D eigenvalue weighted by Crippen LogP contribution is 2.18. The molecule has 2 atom stereocenters. The Kier molecular flexibility index (Phi) is 3.58. The molecule has 1 amide bonds. The first kappa shape index (κ1) is 11.9. The van der Waals surface area contributed by atoms with Gasteiger partial charge in [-0.25, -0.2) is 0 Å². The minimum absolute atomic E-state index is 0.00467. The van der Waals surface area contributed by atoms with Crippen molar-refractivity contribution in [2.45, 2.75) is 37.8 Å². The van der Waals surface area contributed by atoms with E-state index in [4.69, 9.17) is 0 Å². The molecule has 1 fully saturated rings. The number of pyridine rings is 1. The molecule has 5 nitrogen and oxygen atoms in total. The third kappa shape index (κ3) is 3.17. The first-order valence-electron chi connectivity index (χ1n) is 5.83. The highest BCUT2D eigenvalue weighted by molar-refractivity contribution is 5.92. The predicted octanol–water partition coefficient (Wildman–Crippen LogP) is 0.408. The van der Waals surface area contributed by atoms with Crippen LogP contribution in [0, 0.1) is 0 Å². The lowest BCUT2D eigenvalue weighted by Crippen LogP contribution is -2.40. The molecule has 0 bridgehead atoms. The molecule has 92 valence electrons. The number of nitrogens with one attached hydrogen (secondary N) is 2. The van der Waals surface area contributed by atoms with E-state index in [1.165, 1.54) is 6.07 Å². The smallest absolute Gasteiger partial charge is 0.268 e. The predicted molar refractivity (Wildman–Crippen MR) is 62.8 cm³/mol. The lowest BCUT2D eigenvalue weighted by molar-refractivity contribution is 0.0845. The van der Waals surface area contributed by atoms with Crippen LogP contribution in [0.4, 0.5) is 0 Å². The fraction of sp³-hybridized carbons (Fsp3) is 0.500. The zero-order valence-corrected chi connectivity index (χ0v) is 9.48. The van der Waals surface area contributed by atoms with Gasteiger partial charge in [-0.2, -0.15) is 0 Å². The van der Waals surface area contributed by atoms with E-state index in [9.17, 15) is 14.7 Å². The van der Waals surface area contributed by atoms with E-state index in [-0.39, 0.29) is 29.3 Å². The molecule has 17 heavy (non-hydrogen) atoms. The molecule has 1 aliphatic carbocycles. The summed E-state index contributed by atoms with van der Waals surface area (Å²) in [7, 11) is 0. The lowest BCUT2D eigenvalue weighted by Gasteiger charge is -2.26. The van der Waals surface area contributed by atoms with Crippen molar-refractivity contribution in [3.8, 4) is 0 Å². The van der Waals surface area contributed by atoms with E-state index < -0.39 is 0 Å². The summed E-state index contributed by atoms with van der Waals surface area (Å²) >= 11 is 0. The maximum absolute atomic E-state index is 11.8. The molecule has 1 aromatic heterocycles. The van der Waals surface area contributed by atoms with Crippen LogP contribution >= 0.6 is 0 Å². The molecule has 3 N–H and O–H groups in total. The van der Waals surface area contributed by atoms with E-state index >= 15 is 0 Å². The molecular weight excluding hydrogens is 220 g/mol. The largest absolute Gasteiger partial charge is 0.393 e. The highest BCUT2D eigenvalue weighted by Gasteiger charge is 2.22. The van der Waals surface area contributed by atoms with Gasteiger partial charge in [0.15, 0.2) is 0 Å². The molecule has 0 radical (unpaired) electrons. The minimum Gasteiger partial charge on any atom is -0.393 e. The van der Waals surface area contributed by atoms with E-state index in [0.29, 0.717) is 6.42 Å². The maximum atomic E-state index is 11.8. The fourth-order valence-electron chi connectivity index (χ4n) is 2.14. The average Bonchev–Trinajstić information content (AvgIpc) is 2.29. The van der Waals surface area contributed by atoms with Gasteiger partial charge in [0, 0.05) is 12.1 Å². The number of hydrogen-bond donors (Lipinski definition) is 3. The molecule has 1 aromatic rings. The van der Waals surface area contributed by atoms with Crippen LogP contribution in [-0.4, -0.2) is 28.1 Å². The summed E-state index contributed by atoms with van der Waals surface area (Å²) < 4.78 is 0. The van der Waals surface area contributed by atoms with Crippen molar-refractivity contribution in [1.82, 2.24) is 10.3 Å². The minimum atomic E-state index is -0.330. The number of amides is 1. The molecule has 1 aliphatic rings. The van der Waals surface area contributed by atoms with Crippen LogP contribution in [-0.2, 0) is 0 Å². The fourth-order valence-corrected chi connectivity index (χ4v) is 2.14. The van der Waals surface area contributed by atoms with Crippen LogP contribution in [0.5, 0.6) is 0 Å². The number of hydrogen-bond acceptors (Lipinski definition) is 3. The third-order valence-corrected chi connectivity index (χ3v) is 2.99. The van der Waals surface area contributed by atoms with Gasteiger partial charge < -0.3 is 15.4 Å². The number of carbonyl (C=O) groups is 1. The molecule has 5 heteroatoms. The number of aromatic amines is 1. The second-order valence-electron chi connectivity index (χ2n) is 4.42. The summed E-state index contributed by atoms with van der Waals surface area (Å²) in [5, 5.41) is 12.3. The standard InChI is InChI=1S/C12H16N2O3/c15-9-4-1-3-8(7-9)13-12(17)10-5-2-6-11(16)14-10/h2,5-6,8-9,15H,1,3-4,7H2,(H,13,17)(H,14,16). The molecule has 1 heterocycles. The van der Waals surface area contributed by atoms with Crippen LogP contribution in [0.25, 0.3) is 0 Å². The summed E-state index contributed by atoms with van der Waals surface area (Å²) in [6.07, 6.45) is 2.85. The normalized spacial score (nSPS) is 24.3. The van der Waals surface area contributed by atoms with E-state index in [2.05, 4.69) is 10.3 Å². The van der Waals surface area contributed by atoms with Gasteiger partial charge in [-0.1, -0.05) is 6.07 Å². The van der Waals surface area contributed by atoms with Gasteiger partial charge in [0.1, 0.15) is 5.69 Å². The van der Waals surface area contributed by atoms with Crippen LogP contribution in [0.15, 0.2) is 23.0 Å². The van der Waals surface area contributed by atoms with Gasteiger partial charge in [0.25, 0.3) is 5.91 Å². The average molecular weight is 236 g/mol. The molecule has 0 spiro atoms. The van der Waals surface area contributed by atoms with Gasteiger partial charge in [-0.15, -0.1) is 0 Å². The number of rotatable bonds is 2. The lowest BCUT2D eigenvalue weighted by atomic mass is 9.93. The Hall–Kier alpha value is -1.62. The SMILES string of the molecule is O=C(NC1CCCC(O)C1)c1cccc(=O)[nH]1. The van der Waals surface area contributed by atoms with Crippen LogP contribution < -0.4 is 10.9 Å². The van der Waals surface area contributed by atoms with Gasteiger partial charge >= 0.3 is 0 Å². The van der Waals surface area contributed by atoms with Crippen LogP contribution in [0.3, 0.4) is 0 Å². The number of aliphatic hydroxyl groups is 1. The van der Waals surface area contributed by atoms with Crippen molar-refractivity contribution in [3.63, 3.8) is 0 Å². The van der Waals surface area contributed by atoms with E-state index in [0.717, 1.165) is 19.3 Å². The Morgan fingerprint density at radius 1 is 1.41 bits per heavy atom. The summed E-state index contributed by atoms with van der Waals surface area (Å²) in [5.41, 5.74) is -0.0288. The molecular formula is C12H16N2O3. The van der Waals surface area contributed by atoms with Crippen molar-refractivity contribution < 1.29 is 9.90 Å². The van der Waals surface area contributed by atoms with Crippen LogP contribution in [0.1, 0.15) is 36.2 Å². The highest BCUT2D eigenvalue weighted by atomic mass is 16.3. The number of aliphatic hydroxyl groups excluding tert-OH is 1. The molecule has 2 unspecified atom stereocenters. The topological polar surface area (TPSA) is 82.2 Å². The summed E-state index contributed by atoms with van der Waals surface area (Å²) in [6.45, 7) is 0. The Labute approximate surface area is 98.9 Å². The zero-order chi connectivity index (χ0) is 12.3. The zero-order valence-electron chi connectivity index (χ0n) is 9.48. The van der Waals surface area contributed by atoms with Crippen molar-refractivity contribution >= 4 is 5.91 Å². The Morgan fingerprint density at radius 3 is 2.94 bits per heavy atom. The van der Waals surface area contributed by atoms with Crippen molar-refractivity contribution in [1.29, 1.82) is 0 Å². The number of H-pyrrole nitrogens is 1. The van der Waals surface area contributed by atoms with Crippen molar-refractivity contribution in [3.05, 3.63) is 34.2 Å². The Balaban J connectivity index is 1.99. The Morgan fingerprint density at radius 2 is 2.24 bits per heavy atom. The first-order valence-corrected chi connectivity index (χ1v) is 5.83. The van der Waals surface area contributed by atoms with Gasteiger partial charge in [0.05, 0.1) is 6.10 Å². The van der Waals surface area contributed by atoms with Crippen LogP contribution in [0.2, 0.25) is 0 Å². The van der Waals surface area contributed by atoms with Crippen molar-refractivity contribution in [2.24, 2.45) is 0 Å². The quantitative estimate of drug-likeness (QED) is 0.695. The van der Waals surface area contributed by atoms with Gasteiger partial charge in [-0.3, -0.25) is 9.59 Å². The third-order valence-electron chi connectivity index (χ3n) is 2.99. The molecule has 0 aromatic carbocycles. The van der Waals surface area contributed by atoms with E-state index in [1.807, 2.05) is 0 Å². The van der Waals surface area contributed by atoms with Gasteiger partial charge in [-0.05, 0) is 31.7 Å². The first-order chi connectivity index (χ1) is 8.15. The number of aromatic nitrogens is 1. The molecule has 0 saturated heterocycles. The monoisotopic (exact) mass is 236 g/mol. The molecule has 0 aliphatic heterocycles. The van der Waals surface area contributed by atoms with Crippen molar-refractivity contribution in [2.75, 3.05) is 0 Å². The van der Waals surface area contributed by atoms with E-state index in [1.54, 1.807) is 12.1 Å². The van der Waals surface area contributed by atoms with Gasteiger partial charge in [0.2, 0.25) is 5.56 Å². The number of carbonyl (C=O) groups excluding carboxylic acids is 1. The molecule has 2 rings (SSSR count). The summed E-state index contributed by atoms with van der Waals surface area (Å²) in [4.78, 5) is 25.4. The summed E-state index contributed by atoms with van der Waals surface area (Å²) in [5.74, 6) is -0.290. The maximum Gasteiger partial charge on any atom is 0.268 e. The molecule has 1 saturated carbocycles. The second-order valence-corrected chi connectivity index (χ2v) is 4.42.